The van der Waals surface area contributed by atoms with Gasteiger partial charge in [-0.1, -0.05) is 18.2 Å². The second-order valence-corrected chi connectivity index (χ2v) is 2.47. The second kappa shape index (κ2) is 2.94. The van der Waals surface area contributed by atoms with Crippen molar-refractivity contribution in [3.05, 3.63) is 27.5 Å². The number of aryl methyl sites for hydroxylation is 1. The fraction of sp³-hybridized carbons (Fsp3) is 0.167. The van der Waals surface area contributed by atoms with E-state index in [1.165, 1.54) is 13.1 Å². The van der Waals surface area contributed by atoms with Crippen LogP contribution in [0.2, 0.25) is 5.15 Å². The summed E-state index contributed by atoms with van der Waals surface area (Å²) in [6, 6.07) is 0. The third kappa shape index (κ3) is 1.18. The van der Waals surface area contributed by atoms with Crippen molar-refractivity contribution < 1.29 is 4.92 Å². The summed E-state index contributed by atoms with van der Waals surface area (Å²) in [7, 11) is 0. The minimum Gasteiger partial charge on any atom is -0.258 e. The van der Waals surface area contributed by atoms with Crippen molar-refractivity contribution >= 4 is 23.5 Å². The summed E-state index contributed by atoms with van der Waals surface area (Å²) in [4.78, 5) is 9.84. The Labute approximate surface area is 73.4 Å². The molecule has 0 amide bonds. The van der Waals surface area contributed by atoms with Crippen molar-refractivity contribution in [1.29, 1.82) is 0 Å². The Kier molecular flexibility index (Phi) is 2.14. The van der Waals surface area contributed by atoms with Crippen LogP contribution in [0, 0.1) is 17.0 Å². The van der Waals surface area contributed by atoms with Crippen LogP contribution < -0.4 is 0 Å². The van der Waals surface area contributed by atoms with E-state index in [1.807, 2.05) is 0 Å². The zero-order valence-corrected chi connectivity index (χ0v) is 7.08. The van der Waals surface area contributed by atoms with Crippen LogP contribution >= 0.6 is 11.6 Å². The molecule has 0 saturated heterocycles. The van der Waals surface area contributed by atoms with E-state index in [0.717, 1.165) is 4.68 Å². The van der Waals surface area contributed by atoms with Crippen molar-refractivity contribution in [3.63, 3.8) is 0 Å². The minimum absolute atomic E-state index is 0.0208. The van der Waals surface area contributed by atoms with Crippen LogP contribution in [-0.2, 0) is 0 Å². The molecule has 12 heavy (non-hydrogen) atoms. The molecule has 0 saturated carbocycles. The molecule has 1 heterocycles. The molecule has 0 spiro atoms. The molecule has 0 aromatic carbocycles. The lowest BCUT2D eigenvalue weighted by atomic mass is 10.4. The van der Waals surface area contributed by atoms with Crippen LogP contribution in [0.1, 0.15) is 5.69 Å². The highest BCUT2D eigenvalue weighted by Crippen LogP contribution is 2.27. The highest BCUT2D eigenvalue weighted by atomic mass is 35.5. The van der Waals surface area contributed by atoms with Gasteiger partial charge in [-0.3, -0.25) is 10.1 Å². The summed E-state index contributed by atoms with van der Waals surface area (Å²) in [5.41, 5.74) is 0.112. The van der Waals surface area contributed by atoms with Gasteiger partial charge in [-0.05, 0) is 6.92 Å². The van der Waals surface area contributed by atoms with Crippen LogP contribution in [0.5, 0.6) is 0 Å². The number of halogens is 1. The number of hydrogen-bond acceptors (Lipinski definition) is 3. The number of nitrogens with zero attached hydrogens (tertiary/aromatic N) is 3. The molecular weight excluding hydrogens is 182 g/mol. The van der Waals surface area contributed by atoms with Gasteiger partial charge in [0.1, 0.15) is 5.69 Å². The van der Waals surface area contributed by atoms with Crippen LogP contribution in [-0.4, -0.2) is 14.7 Å². The van der Waals surface area contributed by atoms with Crippen molar-refractivity contribution in [2.75, 3.05) is 0 Å². The monoisotopic (exact) mass is 187 g/mol. The molecule has 0 aliphatic carbocycles. The van der Waals surface area contributed by atoms with Crippen LogP contribution in [0.3, 0.4) is 0 Å². The predicted octanol–water partition coefficient (Wildman–Crippen LogP) is 1.85. The minimum atomic E-state index is -0.565. The Morgan fingerprint density at radius 1 is 1.83 bits per heavy atom. The van der Waals surface area contributed by atoms with Gasteiger partial charge >= 0.3 is 5.69 Å². The average Bonchev–Trinajstić information content (AvgIpc) is 2.25. The van der Waals surface area contributed by atoms with Crippen molar-refractivity contribution in [3.8, 4) is 0 Å². The van der Waals surface area contributed by atoms with Gasteiger partial charge in [0.2, 0.25) is 5.15 Å². The maximum absolute atomic E-state index is 10.4. The Bertz CT molecular complexity index is 345. The molecule has 1 rings (SSSR count). The van der Waals surface area contributed by atoms with Gasteiger partial charge in [-0.15, -0.1) is 0 Å². The van der Waals surface area contributed by atoms with Crippen LogP contribution in [0.25, 0.3) is 6.20 Å². The summed E-state index contributed by atoms with van der Waals surface area (Å²) < 4.78 is 1.16. The van der Waals surface area contributed by atoms with E-state index >= 15 is 0 Å². The normalized spacial score (nSPS) is 9.83. The van der Waals surface area contributed by atoms with Gasteiger partial charge in [0.05, 0.1) is 4.92 Å². The van der Waals surface area contributed by atoms with Crippen molar-refractivity contribution in [1.82, 2.24) is 9.78 Å². The Morgan fingerprint density at radius 3 is 2.67 bits per heavy atom. The first kappa shape index (κ1) is 8.73. The van der Waals surface area contributed by atoms with Gasteiger partial charge in [0.25, 0.3) is 0 Å². The molecule has 1 aromatic rings. The second-order valence-electron chi connectivity index (χ2n) is 2.11. The average molecular weight is 188 g/mol. The van der Waals surface area contributed by atoms with Crippen LogP contribution in [0.15, 0.2) is 6.58 Å². The molecule has 0 aliphatic heterocycles. The number of nitro groups is 1. The summed E-state index contributed by atoms with van der Waals surface area (Å²) >= 11 is 5.61. The molecule has 5 nitrogen and oxygen atoms in total. The molecule has 0 bridgehead atoms. The van der Waals surface area contributed by atoms with Gasteiger partial charge in [-0.2, -0.15) is 5.10 Å². The smallest absolute Gasteiger partial charge is 0.258 e. The first-order valence-electron chi connectivity index (χ1n) is 3.09. The molecule has 1 aromatic heterocycles. The summed E-state index contributed by atoms with van der Waals surface area (Å²) in [6.07, 6.45) is 1.31. The third-order valence-corrected chi connectivity index (χ3v) is 1.70. The summed E-state index contributed by atoms with van der Waals surface area (Å²) in [5, 5.41) is 14.2. The Morgan fingerprint density at radius 2 is 2.42 bits per heavy atom. The number of rotatable bonds is 2. The van der Waals surface area contributed by atoms with Crippen molar-refractivity contribution in [2.24, 2.45) is 0 Å². The zero-order valence-electron chi connectivity index (χ0n) is 6.32. The molecule has 64 valence electrons. The lowest BCUT2D eigenvalue weighted by molar-refractivity contribution is -0.385. The molecule has 0 fully saturated rings. The molecule has 0 radical (unpaired) electrons. The van der Waals surface area contributed by atoms with E-state index in [4.69, 9.17) is 11.6 Å². The first-order valence-corrected chi connectivity index (χ1v) is 3.47. The van der Waals surface area contributed by atoms with E-state index in [2.05, 4.69) is 11.7 Å². The quantitative estimate of drug-likeness (QED) is 0.524. The highest BCUT2D eigenvalue weighted by molar-refractivity contribution is 6.32. The van der Waals surface area contributed by atoms with Gasteiger partial charge in [0, 0.05) is 6.20 Å². The number of hydrogen-bond donors (Lipinski definition) is 0. The fourth-order valence-electron chi connectivity index (χ4n) is 0.839. The number of aromatic nitrogens is 2. The summed E-state index contributed by atoms with van der Waals surface area (Å²) in [6.45, 7) is 4.92. The SMILES string of the molecule is C=Cn1nc(C)c([N+](=O)[O-])c1Cl. The standard InChI is InChI=1S/C6H6ClN3O2/c1-3-9-6(7)5(10(11)12)4(2)8-9/h3H,1H2,2H3. The van der Waals surface area contributed by atoms with E-state index in [0.29, 0.717) is 0 Å². The lowest BCUT2D eigenvalue weighted by Gasteiger charge is -1.88. The predicted molar refractivity (Wildman–Crippen MR) is 45.0 cm³/mol. The molecular formula is C6H6ClN3O2. The molecule has 0 aliphatic rings. The topological polar surface area (TPSA) is 61.0 Å². The van der Waals surface area contributed by atoms with E-state index < -0.39 is 4.92 Å². The van der Waals surface area contributed by atoms with Crippen LogP contribution in [0.4, 0.5) is 5.69 Å². The molecule has 0 unspecified atom stereocenters. The van der Waals surface area contributed by atoms with Gasteiger partial charge in [-0.25, -0.2) is 4.68 Å². The maximum Gasteiger partial charge on any atom is 0.329 e. The first-order chi connectivity index (χ1) is 5.57. The highest BCUT2D eigenvalue weighted by Gasteiger charge is 2.22. The van der Waals surface area contributed by atoms with Gasteiger partial charge in [0.15, 0.2) is 0 Å². The zero-order chi connectivity index (χ0) is 9.30. The van der Waals surface area contributed by atoms with E-state index in [-0.39, 0.29) is 16.5 Å². The molecule has 0 atom stereocenters. The fourth-order valence-corrected chi connectivity index (χ4v) is 1.15. The van der Waals surface area contributed by atoms with E-state index in [1.54, 1.807) is 0 Å². The van der Waals surface area contributed by atoms with Gasteiger partial charge < -0.3 is 0 Å². The molecule has 6 heteroatoms. The lowest BCUT2D eigenvalue weighted by Crippen LogP contribution is -1.89. The van der Waals surface area contributed by atoms with Crippen molar-refractivity contribution in [2.45, 2.75) is 6.92 Å². The summed E-state index contributed by atoms with van der Waals surface area (Å²) in [5.74, 6) is 0. The Hall–Kier alpha value is -1.36. The van der Waals surface area contributed by atoms with E-state index in [9.17, 15) is 10.1 Å². The maximum atomic E-state index is 10.4. The Balaban J connectivity index is 3.37. The third-order valence-electron chi connectivity index (χ3n) is 1.35. The largest absolute Gasteiger partial charge is 0.329 e. The molecule has 0 N–H and O–H groups in total.